The summed E-state index contributed by atoms with van der Waals surface area (Å²) >= 11 is 3.43. The van der Waals surface area contributed by atoms with Crippen molar-refractivity contribution in [3.05, 3.63) is 18.0 Å². The van der Waals surface area contributed by atoms with Crippen LogP contribution in [0.5, 0.6) is 0 Å². The van der Waals surface area contributed by atoms with E-state index in [9.17, 15) is 4.79 Å². The van der Waals surface area contributed by atoms with Crippen molar-refractivity contribution in [2.45, 2.75) is 19.8 Å². The van der Waals surface area contributed by atoms with E-state index >= 15 is 0 Å². The predicted octanol–water partition coefficient (Wildman–Crippen LogP) is 1.95. The summed E-state index contributed by atoms with van der Waals surface area (Å²) in [6.45, 7) is 2.90. The van der Waals surface area contributed by atoms with Crippen LogP contribution in [0.4, 0.5) is 0 Å². The van der Waals surface area contributed by atoms with Gasteiger partial charge in [0, 0.05) is 18.1 Å². The quantitative estimate of drug-likeness (QED) is 0.615. The number of carbonyl (C=O) groups is 1. The minimum atomic E-state index is -0.0843. The number of aromatic nitrogens is 2. The van der Waals surface area contributed by atoms with Gasteiger partial charge in [-0.3, -0.25) is 9.89 Å². The zero-order chi connectivity index (χ0) is 11.1. The molecule has 0 radical (unpaired) electrons. The Morgan fingerprint density at radius 2 is 2.53 bits per heavy atom. The number of carbonyl (C=O) groups excluding carboxylic acids is 1. The molecule has 1 atom stereocenters. The van der Waals surface area contributed by atoms with E-state index in [0.29, 0.717) is 11.6 Å². The molecule has 15 heavy (non-hydrogen) atoms. The summed E-state index contributed by atoms with van der Waals surface area (Å²) in [6.07, 6.45) is 3.70. The van der Waals surface area contributed by atoms with E-state index in [0.717, 1.165) is 24.7 Å². The molecule has 0 spiro atoms. The first kappa shape index (κ1) is 12.2. The number of nitrogens with zero attached hydrogens (tertiary/aromatic N) is 1. The maximum atomic E-state index is 11.4. The van der Waals surface area contributed by atoms with Crippen LogP contribution in [0.1, 0.15) is 30.3 Å². The lowest BCUT2D eigenvalue weighted by atomic mass is 10.1. The van der Waals surface area contributed by atoms with Crippen molar-refractivity contribution in [2.75, 3.05) is 11.9 Å². The van der Waals surface area contributed by atoms with Crippen molar-refractivity contribution in [1.29, 1.82) is 0 Å². The van der Waals surface area contributed by atoms with Crippen LogP contribution in [0.3, 0.4) is 0 Å². The number of rotatable bonds is 6. The first-order valence-electron chi connectivity index (χ1n) is 5.07. The van der Waals surface area contributed by atoms with Crippen molar-refractivity contribution >= 4 is 21.8 Å². The number of amides is 1. The number of halogens is 1. The Morgan fingerprint density at radius 1 is 1.73 bits per heavy atom. The van der Waals surface area contributed by atoms with Gasteiger partial charge in [0.2, 0.25) is 0 Å². The molecule has 0 aromatic carbocycles. The molecule has 0 saturated heterocycles. The zero-order valence-corrected chi connectivity index (χ0v) is 10.4. The highest BCUT2D eigenvalue weighted by molar-refractivity contribution is 9.09. The van der Waals surface area contributed by atoms with Crippen LogP contribution in [0.25, 0.3) is 0 Å². The molecular weight excluding hydrogens is 258 g/mol. The van der Waals surface area contributed by atoms with E-state index in [4.69, 9.17) is 0 Å². The predicted molar refractivity (Wildman–Crippen MR) is 63.1 cm³/mol. The third-order valence-corrected chi connectivity index (χ3v) is 3.27. The van der Waals surface area contributed by atoms with Gasteiger partial charge in [0.1, 0.15) is 5.69 Å². The second kappa shape index (κ2) is 6.61. The second-order valence-corrected chi connectivity index (χ2v) is 4.28. The topological polar surface area (TPSA) is 57.8 Å². The van der Waals surface area contributed by atoms with Gasteiger partial charge in [-0.2, -0.15) is 5.10 Å². The standard InChI is InChI=1S/C10H16BrN3O/c1-8(7-11)3-2-5-12-10(15)9-4-6-13-14-9/h4,6,8H,2-3,5,7H2,1H3,(H,12,15)(H,13,14). The Kier molecular flexibility index (Phi) is 5.39. The monoisotopic (exact) mass is 273 g/mol. The van der Waals surface area contributed by atoms with Gasteiger partial charge in [0.15, 0.2) is 0 Å². The molecule has 5 heteroatoms. The molecule has 0 fully saturated rings. The van der Waals surface area contributed by atoms with Gasteiger partial charge in [-0.25, -0.2) is 0 Å². The van der Waals surface area contributed by atoms with E-state index in [2.05, 4.69) is 38.4 Å². The highest BCUT2D eigenvalue weighted by Crippen LogP contribution is 2.07. The summed E-state index contributed by atoms with van der Waals surface area (Å²) in [5, 5.41) is 10.2. The average Bonchev–Trinajstić information content (AvgIpc) is 2.77. The summed E-state index contributed by atoms with van der Waals surface area (Å²) in [5.74, 6) is 0.577. The SMILES string of the molecule is CC(CBr)CCCNC(=O)c1ccn[nH]1. The molecule has 0 saturated carbocycles. The van der Waals surface area contributed by atoms with Gasteiger partial charge < -0.3 is 5.32 Å². The lowest BCUT2D eigenvalue weighted by Crippen LogP contribution is -2.25. The largest absolute Gasteiger partial charge is 0.351 e. The highest BCUT2D eigenvalue weighted by atomic mass is 79.9. The normalized spacial score (nSPS) is 12.4. The molecule has 0 aliphatic carbocycles. The van der Waals surface area contributed by atoms with Crippen molar-refractivity contribution in [3.63, 3.8) is 0 Å². The van der Waals surface area contributed by atoms with Crippen molar-refractivity contribution in [3.8, 4) is 0 Å². The van der Waals surface area contributed by atoms with Crippen LogP contribution in [0, 0.1) is 5.92 Å². The number of alkyl halides is 1. The Balaban J connectivity index is 2.13. The second-order valence-electron chi connectivity index (χ2n) is 3.63. The first-order valence-corrected chi connectivity index (χ1v) is 6.19. The molecule has 0 aliphatic heterocycles. The minimum Gasteiger partial charge on any atom is -0.351 e. The van der Waals surface area contributed by atoms with E-state index in [1.165, 1.54) is 0 Å². The van der Waals surface area contributed by atoms with Gasteiger partial charge in [0.25, 0.3) is 5.91 Å². The number of aromatic amines is 1. The number of hydrogen-bond donors (Lipinski definition) is 2. The van der Waals surface area contributed by atoms with Crippen molar-refractivity contribution in [1.82, 2.24) is 15.5 Å². The molecular formula is C10H16BrN3O. The van der Waals surface area contributed by atoms with Crippen LogP contribution in [-0.4, -0.2) is 28.0 Å². The van der Waals surface area contributed by atoms with Crippen LogP contribution in [0.2, 0.25) is 0 Å². The number of H-pyrrole nitrogens is 1. The molecule has 1 rings (SSSR count). The molecule has 1 aromatic heterocycles. The van der Waals surface area contributed by atoms with Crippen molar-refractivity contribution < 1.29 is 4.79 Å². The highest BCUT2D eigenvalue weighted by Gasteiger charge is 2.05. The zero-order valence-electron chi connectivity index (χ0n) is 8.79. The summed E-state index contributed by atoms with van der Waals surface area (Å²) in [7, 11) is 0. The molecule has 1 heterocycles. The summed E-state index contributed by atoms with van der Waals surface area (Å²) < 4.78 is 0. The average molecular weight is 274 g/mol. The van der Waals surface area contributed by atoms with Crippen LogP contribution < -0.4 is 5.32 Å². The molecule has 84 valence electrons. The van der Waals surface area contributed by atoms with E-state index in [1.807, 2.05) is 0 Å². The fourth-order valence-corrected chi connectivity index (χ4v) is 1.53. The molecule has 4 nitrogen and oxygen atoms in total. The first-order chi connectivity index (χ1) is 7.24. The summed E-state index contributed by atoms with van der Waals surface area (Å²) in [5.41, 5.74) is 0.517. The van der Waals surface area contributed by atoms with E-state index in [-0.39, 0.29) is 5.91 Å². The van der Waals surface area contributed by atoms with Gasteiger partial charge in [-0.15, -0.1) is 0 Å². The Hall–Kier alpha value is -0.840. The Labute approximate surface area is 98.0 Å². The van der Waals surface area contributed by atoms with E-state index < -0.39 is 0 Å². The minimum absolute atomic E-state index is 0.0843. The van der Waals surface area contributed by atoms with Gasteiger partial charge in [-0.05, 0) is 24.8 Å². The maximum absolute atomic E-state index is 11.4. The van der Waals surface area contributed by atoms with E-state index in [1.54, 1.807) is 12.3 Å². The Morgan fingerprint density at radius 3 is 3.13 bits per heavy atom. The smallest absolute Gasteiger partial charge is 0.269 e. The lowest BCUT2D eigenvalue weighted by molar-refractivity contribution is 0.0947. The third-order valence-electron chi connectivity index (χ3n) is 2.17. The van der Waals surface area contributed by atoms with Gasteiger partial charge in [-0.1, -0.05) is 22.9 Å². The molecule has 1 amide bonds. The summed E-state index contributed by atoms with van der Waals surface area (Å²) in [4.78, 5) is 11.4. The van der Waals surface area contributed by atoms with Crippen LogP contribution in [0.15, 0.2) is 12.3 Å². The molecule has 0 aliphatic rings. The fraction of sp³-hybridized carbons (Fsp3) is 0.600. The maximum Gasteiger partial charge on any atom is 0.269 e. The van der Waals surface area contributed by atoms with Crippen molar-refractivity contribution in [2.24, 2.45) is 5.92 Å². The number of nitrogens with one attached hydrogen (secondary N) is 2. The Bertz CT molecular complexity index is 287. The van der Waals surface area contributed by atoms with Crippen LogP contribution >= 0.6 is 15.9 Å². The molecule has 2 N–H and O–H groups in total. The number of hydrogen-bond acceptors (Lipinski definition) is 2. The molecule has 1 aromatic rings. The van der Waals surface area contributed by atoms with Crippen LogP contribution in [-0.2, 0) is 0 Å². The third kappa shape index (κ3) is 4.46. The van der Waals surface area contributed by atoms with Gasteiger partial charge in [0.05, 0.1) is 0 Å². The molecule has 1 unspecified atom stereocenters. The lowest BCUT2D eigenvalue weighted by Gasteiger charge is -2.07. The van der Waals surface area contributed by atoms with Gasteiger partial charge >= 0.3 is 0 Å². The molecule has 0 bridgehead atoms. The fourth-order valence-electron chi connectivity index (χ4n) is 1.21. The summed E-state index contributed by atoms with van der Waals surface area (Å²) in [6, 6.07) is 1.66.